The lowest BCUT2D eigenvalue weighted by molar-refractivity contribution is 0.102. The number of hydrogen-bond donors (Lipinski definition) is 3. The summed E-state index contributed by atoms with van der Waals surface area (Å²) < 4.78 is 26.3. The van der Waals surface area contributed by atoms with Gasteiger partial charge in [0.15, 0.2) is 0 Å². The van der Waals surface area contributed by atoms with Gasteiger partial charge in [-0.15, -0.1) is 0 Å². The Hall–Kier alpha value is -3.92. The minimum atomic E-state index is -4.01. The fourth-order valence-electron chi connectivity index (χ4n) is 2.96. The normalized spacial score (nSPS) is 14.5. The van der Waals surface area contributed by atoms with Crippen molar-refractivity contribution < 1.29 is 18.0 Å². The molecule has 9 nitrogen and oxygen atoms in total. The SMILES string of the molecule is Nc1ccccc1NC(=O)c1ccc(CN2C(=O)Nc3ccccc3S2(=O)=O)nc1. The number of nitrogens with zero attached hydrogens (tertiary/aromatic N) is 2. The van der Waals surface area contributed by atoms with Crippen molar-refractivity contribution in [2.24, 2.45) is 0 Å². The number of para-hydroxylation sites is 3. The maximum Gasteiger partial charge on any atom is 0.336 e. The van der Waals surface area contributed by atoms with Crippen molar-refractivity contribution >= 4 is 39.0 Å². The van der Waals surface area contributed by atoms with Crippen molar-refractivity contribution in [3.05, 3.63) is 78.1 Å². The number of fused-ring (bicyclic) bond motifs is 1. The highest BCUT2D eigenvalue weighted by molar-refractivity contribution is 7.90. The molecule has 0 aliphatic carbocycles. The molecule has 1 aromatic heterocycles. The summed E-state index contributed by atoms with van der Waals surface area (Å²) in [5.41, 5.74) is 7.52. The van der Waals surface area contributed by atoms with Crippen LogP contribution < -0.4 is 16.4 Å². The monoisotopic (exact) mass is 423 g/mol. The minimum absolute atomic E-state index is 0.0149. The third-order valence-corrected chi connectivity index (χ3v) is 6.31. The Morgan fingerprint density at radius 3 is 2.53 bits per heavy atom. The number of amides is 3. The minimum Gasteiger partial charge on any atom is -0.397 e. The first kappa shape index (κ1) is 19.4. The third kappa shape index (κ3) is 3.55. The second kappa shape index (κ2) is 7.48. The molecule has 0 radical (unpaired) electrons. The van der Waals surface area contributed by atoms with Crippen molar-refractivity contribution in [1.29, 1.82) is 0 Å². The molecule has 3 aromatic rings. The highest BCUT2D eigenvalue weighted by Crippen LogP contribution is 2.30. The predicted molar refractivity (Wildman–Crippen MR) is 111 cm³/mol. The Bertz CT molecular complexity index is 1240. The van der Waals surface area contributed by atoms with Gasteiger partial charge in [0.1, 0.15) is 4.90 Å². The van der Waals surface area contributed by atoms with E-state index in [0.29, 0.717) is 21.4 Å². The summed E-state index contributed by atoms with van der Waals surface area (Å²) in [5.74, 6) is -0.413. The van der Waals surface area contributed by atoms with E-state index in [1.54, 1.807) is 36.4 Å². The molecule has 4 rings (SSSR count). The number of carbonyl (C=O) groups is 2. The highest BCUT2D eigenvalue weighted by atomic mass is 32.2. The first-order valence-electron chi connectivity index (χ1n) is 8.90. The first-order valence-corrected chi connectivity index (χ1v) is 10.3. The molecule has 152 valence electrons. The maximum atomic E-state index is 12.8. The molecule has 3 amide bonds. The number of sulfonamides is 1. The zero-order valence-electron chi connectivity index (χ0n) is 15.6. The average Bonchev–Trinajstić information content (AvgIpc) is 2.73. The Kier molecular flexibility index (Phi) is 4.84. The first-order chi connectivity index (χ1) is 14.4. The fraction of sp³-hybridized carbons (Fsp3) is 0.0500. The lowest BCUT2D eigenvalue weighted by Gasteiger charge is -2.28. The van der Waals surface area contributed by atoms with Crippen LogP contribution >= 0.6 is 0 Å². The van der Waals surface area contributed by atoms with Crippen molar-refractivity contribution in [2.75, 3.05) is 16.4 Å². The van der Waals surface area contributed by atoms with Gasteiger partial charge in [-0.2, -0.15) is 0 Å². The van der Waals surface area contributed by atoms with Gasteiger partial charge in [-0.05, 0) is 36.4 Å². The molecule has 0 bridgehead atoms. The summed E-state index contributed by atoms with van der Waals surface area (Å²) in [7, 11) is -4.01. The third-order valence-electron chi connectivity index (χ3n) is 4.52. The Morgan fingerprint density at radius 1 is 1.07 bits per heavy atom. The van der Waals surface area contributed by atoms with Gasteiger partial charge in [-0.1, -0.05) is 24.3 Å². The largest absolute Gasteiger partial charge is 0.397 e. The fourth-order valence-corrected chi connectivity index (χ4v) is 4.41. The van der Waals surface area contributed by atoms with E-state index in [4.69, 9.17) is 5.73 Å². The number of nitrogens with one attached hydrogen (secondary N) is 2. The molecule has 0 saturated heterocycles. The van der Waals surface area contributed by atoms with Crippen LogP contribution in [0.25, 0.3) is 0 Å². The van der Waals surface area contributed by atoms with E-state index in [1.807, 2.05) is 0 Å². The van der Waals surface area contributed by atoms with Crippen LogP contribution in [0.5, 0.6) is 0 Å². The van der Waals surface area contributed by atoms with Crippen molar-refractivity contribution in [1.82, 2.24) is 9.29 Å². The van der Waals surface area contributed by atoms with E-state index in [2.05, 4.69) is 15.6 Å². The number of pyridine rings is 1. The van der Waals surface area contributed by atoms with Gasteiger partial charge < -0.3 is 16.4 Å². The summed E-state index contributed by atoms with van der Waals surface area (Å²) in [6.45, 7) is -0.268. The molecule has 0 atom stereocenters. The molecule has 2 heterocycles. The Morgan fingerprint density at radius 2 is 1.80 bits per heavy atom. The summed E-state index contributed by atoms with van der Waals surface area (Å²) in [6.07, 6.45) is 1.31. The molecule has 0 fully saturated rings. The molecule has 0 saturated carbocycles. The number of hydrogen-bond acceptors (Lipinski definition) is 6. The van der Waals surface area contributed by atoms with Gasteiger partial charge >= 0.3 is 6.03 Å². The second-order valence-corrected chi connectivity index (χ2v) is 8.35. The zero-order chi connectivity index (χ0) is 21.3. The number of carbonyl (C=O) groups excluding carboxylic acids is 2. The van der Waals surface area contributed by atoms with Gasteiger partial charge in [0.05, 0.1) is 34.9 Å². The molecule has 0 unspecified atom stereocenters. The number of rotatable bonds is 4. The average molecular weight is 423 g/mol. The van der Waals surface area contributed by atoms with Crippen LogP contribution in [0.3, 0.4) is 0 Å². The predicted octanol–water partition coefficient (Wildman–Crippen LogP) is 2.65. The Labute approximate surface area is 172 Å². The van der Waals surface area contributed by atoms with Crippen LogP contribution in [-0.4, -0.2) is 29.6 Å². The van der Waals surface area contributed by atoms with Crippen molar-refractivity contribution in [3.63, 3.8) is 0 Å². The van der Waals surface area contributed by atoms with Crippen LogP contribution in [-0.2, 0) is 16.6 Å². The lowest BCUT2D eigenvalue weighted by Crippen LogP contribution is -2.43. The summed E-state index contributed by atoms with van der Waals surface area (Å²) in [4.78, 5) is 28.9. The molecule has 0 spiro atoms. The zero-order valence-corrected chi connectivity index (χ0v) is 16.4. The van der Waals surface area contributed by atoms with Crippen LogP contribution in [0.2, 0.25) is 0 Å². The van der Waals surface area contributed by atoms with Gasteiger partial charge in [-0.25, -0.2) is 17.5 Å². The molecule has 1 aliphatic rings. The standard InChI is InChI=1S/C20H17N5O4S/c21-15-5-1-2-6-16(15)23-19(26)13-9-10-14(22-11-13)12-25-20(27)24-17-7-3-4-8-18(17)30(25,28)29/h1-11H,12,21H2,(H,23,26)(H,24,27). The van der Waals surface area contributed by atoms with Crippen LogP contribution in [0.4, 0.5) is 21.9 Å². The van der Waals surface area contributed by atoms with Crippen LogP contribution in [0, 0.1) is 0 Å². The van der Waals surface area contributed by atoms with E-state index in [9.17, 15) is 18.0 Å². The topological polar surface area (TPSA) is 134 Å². The van der Waals surface area contributed by atoms with Gasteiger partial charge in [0.2, 0.25) is 0 Å². The van der Waals surface area contributed by atoms with E-state index >= 15 is 0 Å². The summed E-state index contributed by atoms with van der Waals surface area (Å²) >= 11 is 0. The number of anilines is 3. The molecule has 30 heavy (non-hydrogen) atoms. The lowest BCUT2D eigenvalue weighted by atomic mass is 10.2. The number of aromatic nitrogens is 1. The summed E-state index contributed by atoms with van der Waals surface area (Å²) in [5, 5.41) is 5.24. The second-order valence-electron chi connectivity index (χ2n) is 6.52. The van der Waals surface area contributed by atoms with Gasteiger partial charge in [0, 0.05) is 6.20 Å². The number of nitrogen functional groups attached to an aromatic ring is 1. The molecule has 4 N–H and O–H groups in total. The quantitative estimate of drug-likeness (QED) is 0.552. The summed E-state index contributed by atoms with van der Waals surface area (Å²) in [6, 6.07) is 15.2. The molecule has 2 aromatic carbocycles. The van der Waals surface area contributed by atoms with E-state index in [-0.39, 0.29) is 22.7 Å². The van der Waals surface area contributed by atoms with Crippen molar-refractivity contribution in [3.8, 4) is 0 Å². The smallest absolute Gasteiger partial charge is 0.336 e. The maximum absolute atomic E-state index is 12.8. The van der Waals surface area contributed by atoms with E-state index in [0.717, 1.165) is 0 Å². The molecular formula is C20H17N5O4S. The van der Waals surface area contributed by atoms with Gasteiger partial charge in [0.25, 0.3) is 15.9 Å². The van der Waals surface area contributed by atoms with Crippen LogP contribution in [0.1, 0.15) is 16.1 Å². The van der Waals surface area contributed by atoms with Crippen LogP contribution in [0.15, 0.2) is 71.8 Å². The molecule has 1 aliphatic heterocycles. The number of urea groups is 1. The van der Waals surface area contributed by atoms with E-state index in [1.165, 1.54) is 30.5 Å². The molecule has 10 heteroatoms. The van der Waals surface area contributed by atoms with E-state index < -0.39 is 22.0 Å². The highest BCUT2D eigenvalue weighted by Gasteiger charge is 2.36. The van der Waals surface area contributed by atoms with Gasteiger partial charge in [-0.3, -0.25) is 9.78 Å². The number of nitrogens with two attached hydrogens (primary N) is 1. The Balaban J connectivity index is 1.52. The van der Waals surface area contributed by atoms with Crippen molar-refractivity contribution in [2.45, 2.75) is 11.4 Å². The molecular weight excluding hydrogens is 406 g/mol. The number of benzene rings is 2.